The predicted octanol–water partition coefficient (Wildman–Crippen LogP) is 1.77. The summed E-state index contributed by atoms with van der Waals surface area (Å²) in [7, 11) is 2.02. The minimum atomic E-state index is -0.0102. The third kappa shape index (κ3) is 3.80. The fourth-order valence-corrected chi connectivity index (χ4v) is 2.17. The number of aryl methyl sites for hydroxylation is 1. The summed E-state index contributed by atoms with van der Waals surface area (Å²) in [5, 5.41) is 9.54. The molecule has 0 aromatic heterocycles. The van der Waals surface area contributed by atoms with E-state index in [0.717, 1.165) is 6.54 Å². The van der Waals surface area contributed by atoms with Gasteiger partial charge in [-0.3, -0.25) is 4.90 Å². The van der Waals surface area contributed by atoms with Crippen LogP contribution in [0.1, 0.15) is 25.0 Å². The lowest BCUT2D eigenvalue weighted by Crippen LogP contribution is -2.50. The van der Waals surface area contributed by atoms with Gasteiger partial charge in [-0.15, -0.1) is 0 Å². The van der Waals surface area contributed by atoms with Crippen LogP contribution in [-0.2, 0) is 6.54 Å². The molecule has 2 atom stereocenters. The maximum Gasteiger partial charge on any atom is 0.0602 e. The Labute approximate surface area is 111 Å². The summed E-state index contributed by atoms with van der Waals surface area (Å²) in [6.45, 7) is 7.21. The molecular weight excluding hydrogens is 224 g/mol. The van der Waals surface area contributed by atoms with Crippen LogP contribution < -0.4 is 5.73 Å². The summed E-state index contributed by atoms with van der Waals surface area (Å²) in [4.78, 5) is 2.15. The number of nitrogens with two attached hydrogens (primary N) is 1. The van der Waals surface area contributed by atoms with Gasteiger partial charge in [-0.25, -0.2) is 0 Å². The van der Waals surface area contributed by atoms with Crippen LogP contribution in [0.5, 0.6) is 0 Å². The number of benzene rings is 1. The van der Waals surface area contributed by atoms with E-state index in [4.69, 9.17) is 5.73 Å². The molecular formula is C15H26N2O. The van der Waals surface area contributed by atoms with Crippen molar-refractivity contribution >= 4 is 0 Å². The molecule has 1 aromatic rings. The minimum Gasteiger partial charge on any atom is -0.395 e. The molecule has 3 nitrogen and oxygen atoms in total. The highest BCUT2D eigenvalue weighted by Gasteiger charge is 2.24. The normalized spacial score (nSPS) is 15.1. The number of hydrogen-bond donors (Lipinski definition) is 2. The Morgan fingerprint density at radius 3 is 2.39 bits per heavy atom. The second-order valence-corrected chi connectivity index (χ2v) is 5.41. The topological polar surface area (TPSA) is 49.5 Å². The molecule has 0 heterocycles. The molecule has 0 bridgehead atoms. The Morgan fingerprint density at radius 2 is 1.89 bits per heavy atom. The van der Waals surface area contributed by atoms with Crippen molar-refractivity contribution in [1.82, 2.24) is 4.90 Å². The van der Waals surface area contributed by atoms with Gasteiger partial charge in [0, 0.05) is 18.6 Å². The van der Waals surface area contributed by atoms with Crippen molar-refractivity contribution in [3.8, 4) is 0 Å². The van der Waals surface area contributed by atoms with Gasteiger partial charge < -0.3 is 10.8 Å². The molecule has 102 valence electrons. The van der Waals surface area contributed by atoms with Gasteiger partial charge in [0.05, 0.1) is 6.61 Å². The van der Waals surface area contributed by atoms with Crippen molar-refractivity contribution in [2.24, 2.45) is 11.7 Å². The van der Waals surface area contributed by atoms with Crippen molar-refractivity contribution in [2.45, 2.75) is 39.4 Å². The molecule has 0 saturated carbocycles. The van der Waals surface area contributed by atoms with Crippen LogP contribution in [-0.4, -0.2) is 35.7 Å². The summed E-state index contributed by atoms with van der Waals surface area (Å²) in [5.74, 6) is 0.362. The van der Waals surface area contributed by atoms with Crippen LogP contribution in [0.4, 0.5) is 0 Å². The summed E-state index contributed by atoms with van der Waals surface area (Å²) in [6.07, 6.45) is 0. The van der Waals surface area contributed by atoms with Crippen LogP contribution in [0.25, 0.3) is 0 Å². The lowest BCUT2D eigenvalue weighted by atomic mass is 9.96. The monoisotopic (exact) mass is 250 g/mol. The lowest BCUT2D eigenvalue weighted by Gasteiger charge is -2.33. The number of likely N-dealkylation sites (N-methyl/N-ethyl adjacent to an activating group) is 1. The quantitative estimate of drug-likeness (QED) is 0.809. The SMILES string of the molecule is Cc1ccccc1CN(C)C(CO)C(N)C(C)C. The maximum atomic E-state index is 9.54. The van der Waals surface area contributed by atoms with Gasteiger partial charge in [-0.05, 0) is 31.0 Å². The van der Waals surface area contributed by atoms with E-state index < -0.39 is 0 Å². The predicted molar refractivity (Wildman–Crippen MR) is 76.3 cm³/mol. The van der Waals surface area contributed by atoms with Gasteiger partial charge in [-0.2, -0.15) is 0 Å². The molecule has 0 aliphatic rings. The highest BCUT2D eigenvalue weighted by Crippen LogP contribution is 2.15. The summed E-state index contributed by atoms with van der Waals surface area (Å²) < 4.78 is 0. The Hall–Kier alpha value is -0.900. The van der Waals surface area contributed by atoms with Crippen molar-refractivity contribution in [3.63, 3.8) is 0 Å². The zero-order valence-electron chi connectivity index (χ0n) is 11.9. The minimum absolute atomic E-state index is 0.00426. The second kappa shape index (κ2) is 6.88. The Kier molecular flexibility index (Phi) is 5.79. The number of aliphatic hydroxyl groups is 1. The van der Waals surface area contributed by atoms with E-state index >= 15 is 0 Å². The molecule has 3 heteroatoms. The van der Waals surface area contributed by atoms with E-state index in [1.54, 1.807) is 0 Å². The molecule has 3 N–H and O–H groups in total. The first-order valence-corrected chi connectivity index (χ1v) is 6.58. The molecule has 1 rings (SSSR count). The van der Waals surface area contributed by atoms with Gasteiger partial charge in [0.25, 0.3) is 0 Å². The summed E-state index contributed by atoms with van der Waals surface area (Å²) in [5.41, 5.74) is 8.73. The second-order valence-electron chi connectivity index (χ2n) is 5.41. The Bertz CT molecular complexity index is 365. The average molecular weight is 250 g/mol. The van der Waals surface area contributed by atoms with Crippen molar-refractivity contribution in [3.05, 3.63) is 35.4 Å². The molecule has 0 fully saturated rings. The smallest absolute Gasteiger partial charge is 0.0602 e. The van der Waals surface area contributed by atoms with Crippen LogP contribution in [0.15, 0.2) is 24.3 Å². The fourth-order valence-electron chi connectivity index (χ4n) is 2.17. The zero-order valence-corrected chi connectivity index (χ0v) is 11.9. The molecule has 0 saturated heterocycles. The van der Waals surface area contributed by atoms with E-state index in [-0.39, 0.29) is 18.7 Å². The summed E-state index contributed by atoms with van der Waals surface area (Å²) in [6, 6.07) is 8.32. The molecule has 2 unspecified atom stereocenters. The van der Waals surface area contributed by atoms with Gasteiger partial charge in [0.15, 0.2) is 0 Å². The van der Waals surface area contributed by atoms with E-state index in [1.807, 2.05) is 19.2 Å². The van der Waals surface area contributed by atoms with Crippen LogP contribution in [0.3, 0.4) is 0 Å². The van der Waals surface area contributed by atoms with E-state index in [1.165, 1.54) is 11.1 Å². The first kappa shape index (κ1) is 15.2. The molecule has 18 heavy (non-hydrogen) atoms. The highest BCUT2D eigenvalue weighted by molar-refractivity contribution is 5.25. The number of rotatable bonds is 6. The Morgan fingerprint density at radius 1 is 1.28 bits per heavy atom. The standard InChI is InChI=1S/C15H26N2O/c1-11(2)15(16)14(10-18)17(4)9-13-8-6-5-7-12(13)3/h5-8,11,14-15,18H,9-10,16H2,1-4H3. The third-order valence-corrected chi connectivity index (χ3v) is 3.65. The first-order chi connectivity index (χ1) is 8.47. The summed E-state index contributed by atoms with van der Waals surface area (Å²) >= 11 is 0. The zero-order chi connectivity index (χ0) is 13.7. The molecule has 0 spiro atoms. The highest BCUT2D eigenvalue weighted by atomic mass is 16.3. The van der Waals surface area contributed by atoms with Crippen LogP contribution >= 0.6 is 0 Å². The third-order valence-electron chi connectivity index (χ3n) is 3.65. The van der Waals surface area contributed by atoms with Crippen molar-refractivity contribution in [2.75, 3.05) is 13.7 Å². The number of nitrogens with zero attached hydrogens (tertiary/aromatic N) is 1. The van der Waals surface area contributed by atoms with Crippen molar-refractivity contribution in [1.29, 1.82) is 0 Å². The molecule has 0 amide bonds. The van der Waals surface area contributed by atoms with Crippen LogP contribution in [0, 0.1) is 12.8 Å². The molecule has 1 aromatic carbocycles. The van der Waals surface area contributed by atoms with Gasteiger partial charge in [0.1, 0.15) is 0 Å². The van der Waals surface area contributed by atoms with Gasteiger partial charge in [-0.1, -0.05) is 38.1 Å². The number of aliphatic hydroxyl groups excluding tert-OH is 1. The van der Waals surface area contributed by atoms with E-state index in [9.17, 15) is 5.11 Å². The molecule has 0 aliphatic carbocycles. The maximum absolute atomic E-state index is 9.54. The average Bonchev–Trinajstić information content (AvgIpc) is 2.32. The van der Waals surface area contributed by atoms with Gasteiger partial charge >= 0.3 is 0 Å². The molecule has 0 aliphatic heterocycles. The fraction of sp³-hybridized carbons (Fsp3) is 0.600. The largest absolute Gasteiger partial charge is 0.395 e. The van der Waals surface area contributed by atoms with E-state index in [2.05, 4.69) is 37.8 Å². The molecule has 0 radical (unpaired) electrons. The Balaban J connectivity index is 2.74. The number of hydrogen-bond acceptors (Lipinski definition) is 3. The first-order valence-electron chi connectivity index (χ1n) is 6.58. The van der Waals surface area contributed by atoms with Crippen molar-refractivity contribution < 1.29 is 5.11 Å². The van der Waals surface area contributed by atoms with E-state index in [0.29, 0.717) is 5.92 Å². The lowest BCUT2D eigenvalue weighted by molar-refractivity contribution is 0.107. The van der Waals surface area contributed by atoms with Gasteiger partial charge in [0.2, 0.25) is 0 Å². The van der Waals surface area contributed by atoms with Crippen LogP contribution in [0.2, 0.25) is 0 Å².